The van der Waals surface area contributed by atoms with E-state index < -0.39 is 0 Å². The van der Waals surface area contributed by atoms with Crippen molar-refractivity contribution < 1.29 is 9.59 Å². The molecule has 0 aliphatic carbocycles. The highest BCUT2D eigenvalue weighted by Gasteiger charge is 2.18. The molecule has 0 radical (unpaired) electrons. The second kappa shape index (κ2) is 5.58. The van der Waals surface area contributed by atoms with Crippen LogP contribution in [0.5, 0.6) is 0 Å². The molecule has 0 saturated heterocycles. The van der Waals surface area contributed by atoms with E-state index in [0.717, 1.165) is 17.0 Å². The van der Waals surface area contributed by atoms with E-state index in [2.05, 4.69) is 15.5 Å². The zero-order valence-electron chi connectivity index (χ0n) is 11.9. The number of amides is 1. The first-order valence-electron chi connectivity index (χ1n) is 6.33. The maximum absolute atomic E-state index is 12.2. The van der Waals surface area contributed by atoms with E-state index in [0.29, 0.717) is 9.75 Å². The molecule has 106 valence electrons. The fraction of sp³-hybridized carbons (Fsp3) is 0.357. The molecular weight excluding hydrogens is 274 g/mol. The quantitative estimate of drug-likeness (QED) is 0.851. The number of carbonyl (C=O) groups is 2. The minimum atomic E-state index is -0.171. The van der Waals surface area contributed by atoms with Crippen molar-refractivity contribution in [2.75, 3.05) is 0 Å². The van der Waals surface area contributed by atoms with Crippen molar-refractivity contribution in [1.82, 2.24) is 15.5 Å². The van der Waals surface area contributed by atoms with E-state index in [1.54, 1.807) is 12.1 Å². The van der Waals surface area contributed by atoms with E-state index >= 15 is 0 Å². The molecule has 0 saturated carbocycles. The van der Waals surface area contributed by atoms with Gasteiger partial charge in [-0.25, -0.2) is 0 Å². The summed E-state index contributed by atoms with van der Waals surface area (Å²) in [5.74, 6) is -0.196. The van der Waals surface area contributed by atoms with Crippen molar-refractivity contribution in [2.45, 2.75) is 33.7 Å². The molecule has 2 heterocycles. The van der Waals surface area contributed by atoms with Gasteiger partial charge in [-0.1, -0.05) is 0 Å². The van der Waals surface area contributed by atoms with Crippen LogP contribution in [0.25, 0.3) is 0 Å². The Hall–Kier alpha value is -1.95. The van der Waals surface area contributed by atoms with Gasteiger partial charge in [0.05, 0.1) is 21.5 Å². The van der Waals surface area contributed by atoms with Crippen LogP contribution in [0.4, 0.5) is 0 Å². The molecule has 0 aliphatic heterocycles. The van der Waals surface area contributed by atoms with Crippen LogP contribution in [0.2, 0.25) is 0 Å². The molecule has 0 aliphatic rings. The monoisotopic (exact) mass is 291 g/mol. The summed E-state index contributed by atoms with van der Waals surface area (Å²) in [4.78, 5) is 24.6. The molecule has 0 fully saturated rings. The smallest absolute Gasteiger partial charge is 0.261 e. The predicted octanol–water partition coefficient (Wildman–Crippen LogP) is 2.78. The molecule has 2 rings (SSSR count). The third-order valence-electron chi connectivity index (χ3n) is 3.14. The van der Waals surface area contributed by atoms with Crippen LogP contribution in [0.3, 0.4) is 0 Å². The molecule has 2 aromatic rings. The Labute approximate surface area is 121 Å². The number of aryl methyl sites for hydroxylation is 2. The number of hydrogen-bond acceptors (Lipinski definition) is 4. The molecule has 5 nitrogen and oxygen atoms in total. The van der Waals surface area contributed by atoms with Gasteiger partial charge in [0, 0.05) is 11.3 Å². The highest BCUT2D eigenvalue weighted by Crippen LogP contribution is 2.21. The van der Waals surface area contributed by atoms with E-state index in [1.165, 1.54) is 18.3 Å². The maximum atomic E-state index is 12.2. The van der Waals surface area contributed by atoms with Crippen molar-refractivity contribution >= 4 is 23.0 Å². The second-order valence-corrected chi connectivity index (χ2v) is 5.85. The van der Waals surface area contributed by atoms with Gasteiger partial charge in [0.15, 0.2) is 5.78 Å². The highest BCUT2D eigenvalue weighted by molar-refractivity contribution is 7.15. The number of carbonyl (C=O) groups excluding carboxylic acids is 2. The van der Waals surface area contributed by atoms with E-state index in [9.17, 15) is 9.59 Å². The molecule has 0 spiro atoms. The lowest BCUT2D eigenvalue weighted by Gasteiger charge is -2.13. The van der Waals surface area contributed by atoms with E-state index in [4.69, 9.17) is 0 Å². The predicted molar refractivity (Wildman–Crippen MR) is 78.3 cm³/mol. The number of hydrogen-bond donors (Lipinski definition) is 2. The van der Waals surface area contributed by atoms with Crippen LogP contribution >= 0.6 is 11.3 Å². The molecule has 0 aromatic carbocycles. The minimum absolute atomic E-state index is 0.0244. The van der Waals surface area contributed by atoms with Gasteiger partial charge in [0.1, 0.15) is 0 Å². The Morgan fingerprint density at radius 2 is 1.95 bits per heavy atom. The first kappa shape index (κ1) is 14.5. The van der Waals surface area contributed by atoms with Gasteiger partial charge < -0.3 is 5.32 Å². The Morgan fingerprint density at radius 1 is 1.30 bits per heavy atom. The van der Waals surface area contributed by atoms with Crippen molar-refractivity contribution in [2.24, 2.45) is 0 Å². The Balaban J connectivity index is 2.13. The molecule has 1 amide bonds. The molecule has 2 N–H and O–H groups in total. The summed E-state index contributed by atoms with van der Waals surface area (Å²) >= 11 is 1.21. The van der Waals surface area contributed by atoms with Gasteiger partial charge in [-0.05, 0) is 39.8 Å². The summed E-state index contributed by atoms with van der Waals surface area (Å²) in [6, 6.07) is 3.23. The standard InChI is InChI=1S/C14H17N3O2S/c1-7(13-8(2)16-17-9(13)3)15-14(19)12-6-5-11(20-12)10(4)18/h5-7H,1-4H3,(H,15,19)(H,16,17). The Kier molecular flexibility index (Phi) is 4.04. The zero-order valence-corrected chi connectivity index (χ0v) is 12.7. The molecule has 6 heteroatoms. The highest BCUT2D eigenvalue weighted by atomic mass is 32.1. The number of H-pyrrole nitrogens is 1. The van der Waals surface area contributed by atoms with Crippen molar-refractivity contribution in [3.8, 4) is 0 Å². The topological polar surface area (TPSA) is 74.8 Å². The molecular formula is C14H17N3O2S. The lowest BCUT2D eigenvalue weighted by atomic mass is 10.1. The van der Waals surface area contributed by atoms with Crippen molar-refractivity contribution in [1.29, 1.82) is 0 Å². The Morgan fingerprint density at radius 3 is 2.45 bits per heavy atom. The summed E-state index contributed by atoms with van der Waals surface area (Å²) in [5, 5.41) is 9.97. The van der Waals surface area contributed by atoms with Crippen LogP contribution in [0.15, 0.2) is 12.1 Å². The van der Waals surface area contributed by atoms with Crippen molar-refractivity contribution in [3.05, 3.63) is 38.8 Å². The number of aromatic amines is 1. The number of thiophene rings is 1. The number of nitrogens with one attached hydrogen (secondary N) is 2. The van der Waals surface area contributed by atoms with Gasteiger partial charge in [-0.15, -0.1) is 11.3 Å². The number of rotatable bonds is 4. The van der Waals surface area contributed by atoms with Crippen LogP contribution in [0.1, 0.15) is 56.2 Å². The fourth-order valence-electron chi connectivity index (χ4n) is 2.19. The van der Waals surface area contributed by atoms with Gasteiger partial charge in [0.2, 0.25) is 0 Å². The number of ketones is 1. The fourth-order valence-corrected chi connectivity index (χ4v) is 2.99. The first-order valence-corrected chi connectivity index (χ1v) is 7.15. The molecule has 1 atom stereocenters. The summed E-state index contributed by atoms with van der Waals surface area (Å²) in [7, 11) is 0. The summed E-state index contributed by atoms with van der Waals surface area (Å²) in [5.41, 5.74) is 2.83. The largest absolute Gasteiger partial charge is 0.345 e. The second-order valence-electron chi connectivity index (χ2n) is 4.76. The SMILES string of the molecule is CC(=O)c1ccc(C(=O)NC(C)c2c(C)n[nH]c2C)s1. The van der Waals surface area contributed by atoms with Crippen LogP contribution in [-0.2, 0) is 0 Å². The zero-order chi connectivity index (χ0) is 14.9. The average molecular weight is 291 g/mol. The maximum Gasteiger partial charge on any atom is 0.261 e. The molecule has 20 heavy (non-hydrogen) atoms. The van der Waals surface area contributed by atoms with Gasteiger partial charge >= 0.3 is 0 Å². The Bertz CT molecular complexity index is 638. The molecule has 0 bridgehead atoms. The first-order chi connectivity index (χ1) is 9.40. The lowest BCUT2D eigenvalue weighted by molar-refractivity contribution is 0.0943. The number of aromatic nitrogens is 2. The van der Waals surface area contributed by atoms with E-state index in [-0.39, 0.29) is 17.7 Å². The third kappa shape index (κ3) is 2.80. The minimum Gasteiger partial charge on any atom is -0.345 e. The lowest BCUT2D eigenvalue weighted by Crippen LogP contribution is -2.26. The number of nitrogens with zero attached hydrogens (tertiary/aromatic N) is 1. The summed E-state index contributed by atoms with van der Waals surface area (Å²) < 4.78 is 0. The van der Waals surface area contributed by atoms with Crippen LogP contribution in [-0.4, -0.2) is 21.9 Å². The average Bonchev–Trinajstić information content (AvgIpc) is 2.96. The summed E-state index contributed by atoms with van der Waals surface area (Å²) in [6.45, 7) is 7.24. The van der Waals surface area contributed by atoms with E-state index in [1.807, 2.05) is 20.8 Å². The molecule has 2 aromatic heterocycles. The van der Waals surface area contributed by atoms with Gasteiger partial charge in [0.25, 0.3) is 5.91 Å². The number of Topliss-reactive ketones (excluding diaryl/α,β-unsaturated/α-hetero) is 1. The summed E-state index contributed by atoms with van der Waals surface area (Å²) in [6.07, 6.45) is 0. The van der Waals surface area contributed by atoms with Gasteiger partial charge in [-0.3, -0.25) is 14.7 Å². The van der Waals surface area contributed by atoms with Crippen LogP contribution in [0, 0.1) is 13.8 Å². The van der Waals surface area contributed by atoms with Gasteiger partial charge in [-0.2, -0.15) is 5.10 Å². The van der Waals surface area contributed by atoms with Crippen molar-refractivity contribution in [3.63, 3.8) is 0 Å². The van der Waals surface area contributed by atoms with Crippen LogP contribution < -0.4 is 5.32 Å². The normalized spacial score (nSPS) is 12.2. The molecule has 1 unspecified atom stereocenters. The third-order valence-corrected chi connectivity index (χ3v) is 4.33.